The van der Waals surface area contributed by atoms with Crippen molar-refractivity contribution in [2.75, 3.05) is 13.7 Å². The number of esters is 1. The van der Waals surface area contributed by atoms with Crippen molar-refractivity contribution in [1.82, 2.24) is 0 Å². The van der Waals surface area contributed by atoms with E-state index in [2.05, 4.69) is 6.07 Å². The molecule has 8 nitrogen and oxygen atoms in total. The van der Waals surface area contributed by atoms with Gasteiger partial charge in [-0.1, -0.05) is 72.4 Å². The van der Waals surface area contributed by atoms with Gasteiger partial charge in [-0.2, -0.15) is 5.26 Å². The maximum Gasteiger partial charge on any atom is 0.343 e. The van der Waals surface area contributed by atoms with Gasteiger partial charge < -0.3 is 29.4 Å². The first kappa shape index (κ1) is 32.8. The fraction of sp³-hybridized carbons (Fsp3) is 0.200. The van der Waals surface area contributed by atoms with Crippen LogP contribution in [0.25, 0.3) is 0 Å². The molecule has 4 aromatic carbocycles. The quantitative estimate of drug-likeness (QED) is 0.0951. The summed E-state index contributed by atoms with van der Waals surface area (Å²) in [6.07, 6.45) is 1.79. The van der Waals surface area contributed by atoms with Gasteiger partial charge >= 0.3 is 5.97 Å². The van der Waals surface area contributed by atoms with Crippen LogP contribution in [-0.2, 0) is 6.61 Å². The lowest BCUT2D eigenvalue weighted by Gasteiger charge is -2.27. The summed E-state index contributed by atoms with van der Waals surface area (Å²) in [5, 5.41) is 11.1. The minimum Gasteiger partial charge on any atom is -0.493 e. The van der Waals surface area contributed by atoms with Crippen LogP contribution in [0, 0.1) is 11.3 Å². The lowest BCUT2D eigenvalue weighted by atomic mass is 9.83. The molecule has 0 amide bonds. The molecule has 46 heavy (non-hydrogen) atoms. The van der Waals surface area contributed by atoms with Crippen molar-refractivity contribution in [3.8, 4) is 34.8 Å². The van der Waals surface area contributed by atoms with Gasteiger partial charge in [-0.25, -0.2) is 4.79 Å². The van der Waals surface area contributed by atoms with Crippen molar-refractivity contribution >= 4 is 40.8 Å². The lowest BCUT2D eigenvalue weighted by molar-refractivity contribution is 0.0734. The van der Waals surface area contributed by atoms with Gasteiger partial charge in [-0.3, -0.25) is 0 Å². The van der Waals surface area contributed by atoms with Crippen LogP contribution >= 0.6 is 34.8 Å². The number of ether oxygens (including phenoxy) is 5. The Hall–Kier alpha value is -4.55. The molecule has 2 N–H and O–H groups in total. The molecule has 4 aromatic rings. The van der Waals surface area contributed by atoms with E-state index in [1.54, 1.807) is 36.4 Å². The molecule has 1 heterocycles. The van der Waals surface area contributed by atoms with Gasteiger partial charge in [-0.05, 0) is 60.0 Å². The number of methoxy groups -OCH3 is 1. The maximum absolute atomic E-state index is 13.0. The van der Waals surface area contributed by atoms with Gasteiger partial charge in [0.15, 0.2) is 17.2 Å². The number of carbonyl (C=O) groups excluding carboxylic acids is 1. The zero-order valence-electron chi connectivity index (χ0n) is 24.9. The van der Waals surface area contributed by atoms with Gasteiger partial charge in [0.05, 0.1) is 35.2 Å². The number of carbonyl (C=O) groups is 1. The summed E-state index contributed by atoms with van der Waals surface area (Å²) in [7, 11) is 1.54. The molecule has 0 saturated heterocycles. The number of benzene rings is 4. The van der Waals surface area contributed by atoms with E-state index in [1.807, 2.05) is 25.1 Å². The molecule has 0 saturated carbocycles. The number of unbranched alkanes of at least 4 members (excludes halogenated alkanes) is 1. The largest absolute Gasteiger partial charge is 0.493 e. The third kappa shape index (κ3) is 7.29. The topological polar surface area (TPSA) is 113 Å². The van der Waals surface area contributed by atoms with Gasteiger partial charge in [0.1, 0.15) is 29.7 Å². The molecule has 5 rings (SSSR count). The van der Waals surface area contributed by atoms with Gasteiger partial charge in [-0.15, -0.1) is 0 Å². The monoisotopic (exact) mass is 678 g/mol. The highest BCUT2D eigenvalue weighted by molar-refractivity contribution is 6.37. The molecule has 0 radical (unpaired) electrons. The molecule has 0 bridgehead atoms. The summed E-state index contributed by atoms with van der Waals surface area (Å²) in [6, 6.07) is 22.7. The molecular weight excluding hydrogens is 651 g/mol. The number of rotatable bonds is 11. The summed E-state index contributed by atoms with van der Waals surface area (Å²) >= 11 is 18.7. The molecule has 1 atom stereocenters. The molecular formula is C35H29Cl3N2O6. The summed E-state index contributed by atoms with van der Waals surface area (Å²) in [4.78, 5) is 13.0. The Kier molecular flexibility index (Phi) is 10.5. The van der Waals surface area contributed by atoms with Crippen LogP contribution in [0.15, 0.2) is 84.3 Å². The smallest absolute Gasteiger partial charge is 0.343 e. The van der Waals surface area contributed by atoms with E-state index >= 15 is 0 Å². The summed E-state index contributed by atoms with van der Waals surface area (Å²) in [5.41, 5.74) is 8.87. The van der Waals surface area contributed by atoms with Crippen molar-refractivity contribution in [2.24, 2.45) is 5.73 Å². The highest BCUT2D eigenvalue weighted by Crippen LogP contribution is 2.45. The Morgan fingerprint density at radius 1 is 0.957 bits per heavy atom. The SMILES string of the molecule is CCCCOc1c(Cl)cc(C(=O)Oc2ccc3c(c2)OC(N)=C(C#N)C3c2ccc(OCc3ccc(Cl)cc3)c(OC)c2)cc1Cl. The molecule has 0 aromatic heterocycles. The molecule has 236 valence electrons. The third-order valence-electron chi connectivity index (χ3n) is 7.21. The van der Waals surface area contributed by atoms with E-state index in [0.29, 0.717) is 46.8 Å². The van der Waals surface area contributed by atoms with Crippen LogP contribution in [0.1, 0.15) is 52.7 Å². The number of halogens is 3. The Bertz CT molecular complexity index is 1810. The van der Waals surface area contributed by atoms with E-state index in [-0.39, 0.29) is 32.8 Å². The standard InChI is InChI=1S/C35H29Cl3N2O6/c1-3-4-13-43-33-27(37)14-22(15-28(33)38)35(41)45-24-10-11-25-30(17-24)46-34(40)26(18-39)32(25)21-7-12-29(31(16-21)42-2)44-19-20-5-8-23(36)9-6-20/h5-12,14-17,32H,3-4,13,19,40H2,1-2H3. The second-order valence-corrected chi connectivity index (χ2v) is 11.6. The fourth-order valence-corrected chi connectivity index (χ4v) is 5.59. The van der Waals surface area contributed by atoms with Crippen molar-refractivity contribution in [1.29, 1.82) is 5.26 Å². The van der Waals surface area contributed by atoms with Crippen LogP contribution in [0.2, 0.25) is 15.1 Å². The molecule has 1 unspecified atom stereocenters. The molecule has 1 aliphatic rings. The van der Waals surface area contributed by atoms with Crippen LogP contribution in [0.4, 0.5) is 0 Å². The second-order valence-electron chi connectivity index (χ2n) is 10.3. The first-order chi connectivity index (χ1) is 22.2. The molecule has 0 aliphatic carbocycles. The third-order valence-corrected chi connectivity index (χ3v) is 8.02. The van der Waals surface area contributed by atoms with Crippen molar-refractivity contribution < 1.29 is 28.5 Å². The average molecular weight is 680 g/mol. The Morgan fingerprint density at radius 2 is 1.70 bits per heavy atom. The predicted molar refractivity (Wildman–Crippen MR) is 176 cm³/mol. The normalized spacial score (nSPS) is 13.7. The van der Waals surface area contributed by atoms with Crippen LogP contribution < -0.4 is 29.4 Å². The number of nitriles is 1. The summed E-state index contributed by atoms with van der Waals surface area (Å²) in [6.45, 7) is 2.80. The van der Waals surface area contributed by atoms with E-state index in [4.69, 9.17) is 64.2 Å². The van der Waals surface area contributed by atoms with Gasteiger partial charge in [0.25, 0.3) is 0 Å². The zero-order chi connectivity index (χ0) is 32.8. The average Bonchev–Trinajstić information content (AvgIpc) is 3.05. The van der Waals surface area contributed by atoms with Gasteiger partial charge in [0.2, 0.25) is 5.88 Å². The van der Waals surface area contributed by atoms with Crippen molar-refractivity contribution in [3.63, 3.8) is 0 Å². The number of allylic oxidation sites excluding steroid dienone is 1. The van der Waals surface area contributed by atoms with Crippen LogP contribution in [0.5, 0.6) is 28.7 Å². The Morgan fingerprint density at radius 3 is 2.37 bits per heavy atom. The summed E-state index contributed by atoms with van der Waals surface area (Å²) < 4.78 is 28.7. The first-order valence-corrected chi connectivity index (χ1v) is 15.5. The molecule has 1 aliphatic heterocycles. The number of hydrogen-bond donors (Lipinski definition) is 1. The van der Waals surface area contributed by atoms with Gasteiger partial charge in [0, 0.05) is 16.7 Å². The number of fused-ring (bicyclic) bond motifs is 1. The Balaban J connectivity index is 1.38. The van der Waals surface area contributed by atoms with Crippen molar-refractivity contribution in [3.05, 3.63) is 122 Å². The van der Waals surface area contributed by atoms with Crippen molar-refractivity contribution in [2.45, 2.75) is 32.3 Å². The number of nitrogens with zero attached hydrogens (tertiary/aromatic N) is 1. The highest BCUT2D eigenvalue weighted by Gasteiger charge is 2.32. The minimum absolute atomic E-state index is 0.0669. The van der Waals surface area contributed by atoms with E-state index in [9.17, 15) is 10.1 Å². The van der Waals surface area contributed by atoms with Crippen LogP contribution in [0.3, 0.4) is 0 Å². The first-order valence-electron chi connectivity index (χ1n) is 14.3. The van der Waals surface area contributed by atoms with E-state index in [0.717, 1.165) is 24.0 Å². The van der Waals surface area contributed by atoms with Crippen LogP contribution in [-0.4, -0.2) is 19.7 Å². The van der Waals surface area contributed by atoms with E-state index in [1.165, 1.54) is 25.3 Å². The van der Waals surface area contributed by atoms with E-state index < -0.39 is 11.9 Å². The number of hydrogen-bond acceptors (Lipinski definition) is 8. The molecule has 0 spiro atoms. The predicted octanol–water partition coefficient (Wildman–Crippen LogP) is 8.85. The fourth-order valence-electron chi connectivity index (χ4n) is 4.87. The number of nitrogens with two attached hydrogens (primary N) is 1. The zero-order valence-corrected chi connectivity index (χ0v) is 27.2. The second kappa shape index (κ2) is 14.7. The summed E-state index contributed by atoms with van der Waals surface area (Å²) in [5.74, 6) is 0.482. The Labute approximate surface area is 281 Å². The molecule has 0 fully saturated rings. The maximum atomic E-state index is 13.0. The highest BCUT2D eigenvalue weighted by atomic mass is 35.5. The minimum atomic E-state index is -0.684. The lowest BCUT2D eigenvalue weighted by Crippen LogP contribution is -2.21. The molecule has 11 heteroatoms.